The summed E-state index contributed by atoms with van der Waals surface area (Å²) in [5.74, 6) is -0.768. The van der Waals surface area contributed by atoms with Crippen LogP contribution in [0.15, 0.2) is 42.5 Å². The third kappa shape index (κ3) is 2.99. The van der Waals surface area contributed by atoms with E-state index in [4.69, 9.17) is 4.74 Å². The van der Waals surface area contributed by atoms with Crippen molar-refractivity contribution < 1.29 is 14.3 Å². The Labute approximate surface area is 124 Å². The van der Waals surface area contributed by atoms with Gasteiger partial charge in [0.15, 0.2) is 0 Å². The van der Waals surface area contributed by atoms with Gasteiger partial charge in [-0.15, -0.1) is 0 Å². The molecule has 3 atom stereocenters. The van der Waals surface area contributed by atoms with Crippen LogP contribution in [0.3, 0.4) is 0 Å². The van der Waals surface area contributed by atoms with Crippen molar-refractivity contribution >= 4 is 11.9 Å². The molecule has 21 heavy (non-hydrogen) atoms. The molecule has 2 aliphatic rings. The highest BCUT2D eigenvalue weighted by atomic mass is 16.5. The molecule has 4 heteroatoms. The third-order valence-corrected chi connectivity index (χ3v) is 4.28. The van der Waals surface area contributed by atoms with E-state index in [2.05, 4.69) is 11.4 Å². The molecule has 1 saturated heterocycles. The van der Waals surface area contributed by atoms with E-state index in [-0.39, 0.29) is 29.6 Å². The van der Waals surface area contributed by atoms with Crippen LogP contribution in [0.25, 0.3) is 0 Å². The number of benzene rings is 1. The summed E-state index contributed by atoms with van der Waals surface area (Å²) in [5, 5.41) is 2.94. The second kappa shape index (κ2) is 6.12. The lowest BCUT2D eigenvalue weighted by Crippen LogP contribution is -2.45. The molecular formula is C17H19NO3. The number of hydrogen-bond donors (Lipinski definition) is 1. The van der Waals surface area contributed by atoms with E-state index in [1.807, 2.05) is 36.4 Å². The van der Waals surface area contributed by atoms with Gasteiger partial charge in [-0.3, -0.25) is 9.59 Å². The number of fused-ring (bicyclic) bond motifs is 1. The fourth-order valence-corrected chi connectivity index (χ4v) is 3.16. The van der Waals surface area contributed by atoms with Crippen molar-refractivity contribution in [2.24, 2.45) is 17.8 Å². The van der Waals surface area contributed by atoms with Crippen LogP contribution in [0.5, 0.6) is 0 Å². The lowest BCUT2D eigenvalue weighted by molar-refractivity contribution is -0.161. The predicted octanol–water partition coefficient (Wildman–Crippen LogP) is 2.06. The van der Waals surface area contributed by atoms with E-state index in [1.165, 1.54) is 0 Å². The predicted molar refractivity (Wildman–Crippen MR) is 78.1 cm³/mol. The summed E-state index contributed by atoms with van der Waals surface area (Å²) in [6.07, 6.45) is 5.50. The van der Waals surface area contributed by atoms with E-state index in [9.17, 15) is 9.59 Å². The summed E-state index contributed by atoms with van der Waals surface area (Å²) in [6.45, 7) is 0.953. The van der Waals surface area contributed by atoms with Crippen molar-refractivity contribution in [1.29, 1.82) is 0 Å². The molecule has 0 saturated carbocycles. The highest BCUT2D eigenvalue weighted by molar-refractivity contribution is 5.86. The quantitative estimate of drug-likeness (QED) is 0.683. The molecule has 0 unspecified atom stereocenters. The number of nitrogens with one attached hydrogen (secondary N) is 1. The van der Waals surface area contributed by atoms with Crippen LogP contribution in [-0.4, -0.2) is 18.5 Å². The minimum absolute atomic E-state index is 0.0583. The lowest BCUT2D eigenvalue weighted by Gasteiger charge is -2.35. The number of hydrogen-bond acceptors (Lipinski definition) is 3. The van der Waals surface area contributed by atoms with Gasteiger partial charge in [0.2, 0.25) is 5.91 Å². The highest BCUT2D eigenvalue weighted by Gasteiger charge is 2.42. The smallest absolute Gasteiger partial charge is 0.310 e. The first-order valence-electron chi connectivity index (χ1n) is 7.40. The highest BCUT2D eigenvalue weighted by Crippen LogP contribution is 2.36. The van der Waals surface area contributed by atoms with Gasteiger partial charge in [-0.2, -0.15) is 0 Å². The van der Waals surface area contributed by atoms with Crippen molar-refractivity contribution in [1.82, 2.24) is 5.32 Å². The van der Waals surface area contributed by atoms with Gasteiger partial charge in [0.1, 0.15) is 0 Å². The summed E-state index contributed by atoms with van der Waals surface area (Å²) in [7, 11) is 0. The van der Waals surface area contributed by atoms with Gasteiger partial charge >= 0.3 is 5.97 Å². The van der Waals surface area contributed by atoms with Crippen LogP contribution in [0.1, 0.15) is 18.4 Å². The Kier molecular flexibility index (Phi) is 4.04. The van der Waals surface area contributed by atoms with Crippen molar-refractivity contribution in [3.63, 3.8) is 0 Å². The molecule has 1 N–H and O–H groups in total. The monoisotopic (exact) mass is 285 g/mol. The molecule has 110 valence electrons. The van der Waals surface area contributed by atoms with Crippen molar-refractivity contribution in [2.45, 2.75) is 19.4 Å². The Balaban J connectivity index is 1.66. The van der Waals surface area contributed by atoms with Crippen LogP contribution < -0.4 is 5.32 Å². The molecule has 3 rings (SSSR count). The summed E-state index contributed by atoms with van der Waals surface area (Å²) in [4.78, 5) is 24.4. The number of ether oxygens (including phenoxy) is 1. The average molecular weight is 285 g/mol. The van der Waals surface area contributed by atoms with E-state index in [0.29, 0.717) is 19.6 Å². The SMILES string of the molecule is O=C1OCC[C@H]2C=CC[C@@H](C(=O)NCc3ccccc3)[C@@H]12. The van der Waals surface area contributed by atoms with Crippen LogP contribution in [0.2, 0.25) is 0 Å². The number of cyclic esters (lactones) is 1. The largest absolute Gasteiger partial charge is 0.465 e. The summed E-state index contributed by atoms with van der Waals surface area (Å²) in [5.41, 5.74) is 1.06. The van der Waals surface area contributed by atoms with Crippen LogP contribution in [0.4, 0.5) is 0 Å². The fraction of sp³-hybridized carbons (Fsp3) is 0.412. The van der Waals surface area contributed by atoms with Crippen LogP contribution >= 0.6 is 0 Å². The Morgan fingerprint density at radius 1 is 1.29 bits per heavy atom. The fourth-order valence-electron chi connectivity index (χ4n) is 3.16. The van der Waals surface area contributed by atoms with Crippen molar-refractivity contribution in [2.75, 3.05) is 6.61 Å². The van der Waals surface area contributed by atoms with Gasteiger partial charge in [-0.25, -0.2) is 0 Å². The second-order valence-corrected chi connectivity index (χ2v) is 5.62. The van der Waals surface area contributed by atoms with Gasteiger partial charge in [-0.1, -0.05) is 42.5 Å². The van der Waals surface area contributed by atoms with Crippen molar-refractivity contribution in [3.05, 3.63) is 48.0 Å². The molecule has 1 amide bonds. The molecule has 0 aromatic heterocycles. The summed E-state index contributed by atoms with van der Waals surface area (Å²) >= 11 is 0. The van der Waals surface area contributed by atoms with E-state index < -0.39 is 0 Å². The maximum atomic E-state index is 12.4. The normalized spacial score (nSPS) is 27.6. The van der Waals surface area contributed by atoms with E-state index in [1.54, 1.807) is 0 Å². The van der Waals surface area contributed by atoms with Gasteiger partial charge in [-0.05, 0) is 24.3 Å². The molecular weight excluding hydrogens is 266 g/mol. The van der Waals surface area contributed by atoms with Gasteiger partial charge in [0.05, 0.1) is 18.4 Å². The zero-order chi connectivity index (χ0) is 14.7. The number of allylic oxidation sites excluding steroid dienone is 2. The third-order valence-electron chi connectivity index (χ3n) is 4.28. The zero-order valence-electron chi connectivity index (χ0n) is 11.8. The molecule has 1 aliphatic heterocycles. The summed E-state index contributed by atoms with van der Waals surface area (Å²) in [6, 6.07) is 9.77. The van der Waals surface area contributed by atoms with E-state index >= 15 is 0 Å². The Morgan fingerprint density at radius 3 is 2.90 bits per heavy atom. The number of carbonyl (C=O) groups is 2. The molecule has 0 spiro atoms. The molecule has 1 aliphatic carbocycles. The topological polar surface area (TPSA) is 55.4 Å². The molecule has 0 bridgehead atoms. The van der Waals surface area contributed by atoms with Crippen molar-refractivity contribution in [3.8, 4) is 0 Å². The van der Waals surface area contributed by atoms with E-state index in [0.717, 1.165) is 12.0 Å². The number of amides is 1. The zero-order valence-corrected chi connectivity index (χ0v) is 11.8. The first kappa shape index (κ1) is 13.9. The van der Waals surface area contributed by atoms with Crippen LogP contribution in [0, 0.1) is 17.8 Å². The first-order chi connectivity index (χ1) is 10.3. The number of carbonyl (C=O) groups excluding carboxylic acids is 2. The molecule has 1 aromatic rings. The molecule has 1 aromatic carbocycles. The average Bonchev–Trinajstić information content (AvgIpc) is 2.53. The minimum Gasteiger partial charge on any atom is -0.465 e. The van der Waals surface area contributed by atoms with Gasteiger partial charge in [0, 0.05) is 6.54 Å². The Bertz CT molecular complexity index is 552. The van der Waals surface area contributed by atoms with Gasteiger partial charge < -0.3 is 10.1 Å². The minimum atomic E-state index is -0.320. The lowest BCUT2D eigenvalue weighted by atomic mass is 9.73. The Morgan fingerprint density at radius 2 is 2.10 bits per heavy atom. The molecule has 0 radical (unpaired) electrons. The first-order valence-corrected chi connectivity index (χ1v) is 7.40. The second-order valence-electron chi connectivity index (χ2n) is 5.62. The maximum absolute atomic E-state index is 12.4. The standard InChI is InChI=1S/C17H19NO3/c19-16(18-11-12-5-2-1-3-6-12)14-8-4-7-13-9-10-21-17(20)15(13)14/h1-7,13-15H,8-11H2,(H,18,19)/t13-,14-,15+/m1/s1. The molecule has 1 fully saturated rings. The molecule has 1 heterocycles. The number of rotatable bonds is 3. The molecule has 4 nitrogen and oxygen atoms in total. The van der Waals surface area contributed by atoms with Gasteiger partial charge in [0.25, 0.3) is 0 Å². The van der Waals surface area contributed by atoms with Crippen LogP contribution in [-0.2, 0) is 20.9 Å². The number of esters is 1. The summed E-state index contributed by atoms with van der Waals surface area (Å²) < 4.78 is 5.14. The maximum Gasteiger partial charge on any atom is 0.310 e. The Hall–Kier alpha value is -2.10.